The van der Waals surface area contributed by atoms with Crippen LogP contribution >= 0.6 is 11.6 Å². The summed E-state index contributed by atoms with van der Waals surface area (Å²) in [4.78, 5) is 0. The van der Waals surface area contributed by atoms with Gasteiger partial charge in [-0.25, -0.2) is 8.78 Å². The predicted molar refractivity (Wildman–Crippen MR) is 39.6 cm³/mol. The Labute approximate surface area is 72.3 Å². The van der Waals surface area contributed by atoms with Gasteiger partial charge in [-0.15, -0.1) is 0 Å². The average Bonchev–Trinajstić information content (AvgIpc) is 2.01. The lowest BCUT2D eigenvalue weighted by Crippen LogP contribution is -1.92. The van der Waals surface area contributed by atoms with Crippen molar-refractivity contribution in [3.8, 4) is 11.5 Å². The molecule has 0 saturated carbocycles. The van der Waals surface area contributed by atoms with Crippen molar-refractivity contribution in [3.63, 3.8) is 0 Å². The fraction of sp³-hybridized carbons (Fsp3) is 0.143. The minimum Gasteiger partial charge on any atom is -0.504 e. The number of hydrogen-bond acceptors (Lipinski definition) is 2. The number of hydrogen-bond donors (Lipinski definition) is 1. The van der Waals surface area contributed by atoms with E-state index >= 15 is 0 Å². The maximum atomic E-state index is 12.9. The summed E-state index contributed by atoms with van der Waals surface area (Å²) in [5.74, 6) is -3.19. The van der Waals surface area contributed by atoms with Gasteiger partial charge < -0.3 is 9.84 Å². The van der Waals surface area contributed by atoms with E-state index in [4.69, 9.17) is 16.7 Å². The Kier molecular flexibility index (Phi) is 2.38. The molecular formula is C7H5ClF2O2. The van der Waals surface area contributed by atoms with Crippen LogP contribution in [-0.2, 0) is 0 Å². The number of ether oxygens (including phenoxy) is 1. The summed E-state index contributed by atoms with van der Waals surface area (Å²) in [5.41, 5.74) is 0. The molecule has 0 saturated heterocycles. The number of rotatable bonds is 1. The molecule has 0 aliphatic rings. The van der Waals surface area contributed by atoms with E-state index in [0.29, 0.717) is 6.07 Å². The number of halogens is 3. The second-order valence-electron chi connectivity index (χ2n) is 2.04. The van der Waals surface area contributed by atoms with Gasteiger partial charge in [0.2, 0.25) is 0 Å². The standard InChI is InChI=1S/C7H5ClF2O2/c1-12-7-4(11)2-3(9)5(8)6(7)10/h2,11H,1H3. The molecule has 1 aromatic rings. The number of aromatic hydroxyl groups is 1. The Morgan fingerprint density at radius 3 is 2.58 bits per heavy atom. The molecule has 0 aliphatic carbocycles. The van der Waals surface area contributed by atoms with E-state index in [1.54, 1.807) is 0 Å². The van der Waals surface area contributed by atoms with Crippen LogP contribution in [0.15, 0.2) is 6.07 Å². The number of benzene rings is 1. The zero-order valence-corrected chi connectivity index (χ0v) is 6.82. The van der Waals surface area contributed by atoms with Crippen molar-refractivity contribution in [2.45, 2.75) is 0 Å². The van der Waals surface area contributed by atoms with Crippen LogP contribution in [0, 0.1) is 11.6 Å². The molecule has 0 amide bonds. The van der Waals surface area contributed by atoms with Crippen molar-refractivity contribution in [1.82, 2.24) is 0 Å². The molecule has 0 unspecified atom stereocenters. The third-order valence-corrected chi connectivity index (χ3v) is 1.65. The molecule has 1 aromatic carbocycles. The summed E-state index contributed by atoms with van der Waals surface area (Å²) in [6, 6.07) is 0.685. The minimum atomic E-state index is -1.10. The van der Waals surface area contributed by atoms with E-state index < -0.39 is 28.2 Å². The van der Waals surface area contributed by atoms with E-state index in [0.717, 1.165) is 7.11 Å². The van der Waals surface area contributed by atoms with Gasteiger partial charge in [-0.05, 0) is 0 Å². The van der Waals surface area contributed by atoms with Gasteiger partial charge in [0.05, 0.1) is 7.11 Å². The molecular weight excluding hydrogens is 190 g/mol. The van der Waals surface area contributed by atoms with Gasteiger partial charge in [-0.3, -0.25) is 0 Å². The van der Waals surface area contributed by atoms with E-state index in [1.165, 1.54) is 0 Å². The smallest absolute Gasteiger partial charge is 0.198 e. The first-order chi connectivity index (χ1) is 5.57. The molecule has 12 heavy (non-hydrogen) atoms. The van der Waals surface area contributed by atoms with Gasteiger partial charge in [0.25, 0.3) is 0 Å². The molecule has 0 aromatic heterocycles. The van der Waals surface area contributed by atoms with Gasteiger partial charge in [0, 0.05) is 6.07 Å². The first-order valence-electron chi connectivity index (χ1n) is 2.98. The lowest BCUT2D eigenvalue weighted by atomic mass is 10.3. The topological polar surface area (TPSA) is 29.5 Å². The zero-order valence-electron chi connectivity index (χ0n) is 6.07. The summed E-state index contributed by atoms with van der Waals surface area (Å²) < 4.78 is 29.9. The molecule has 0 atom stereocenters. The largest absolute Gasteiger partial charge is 0.504 e. The molecule has 0 bridgehead atoms. The highest BCUT2D eigenvalue weighted by atomic mass is 35.5. The van der Waals surface area contributed by atoms with Gasteiger partial charge in [0.1, 0.15) is 10.8 Å². The third kappa shape index (κ3) is 1.30. The lowest BCUT2D eigenvalue weighted by molar-refractivity contribution is 0.348. The van der Waals surface area contributed by atoms with Crippen LogP contribution < -0.4 is 4.74 Å². The monoisotopic (exact) mass is 194 g/mol. The van der Waals surface area contributed by atoms with Crippen LogP contribution in [0.2, 0.25) is 5.02 Å². The molecule has 1 N–H and O–H groups in total. The fourth-order valence-corrected chi connectivity index (χ4v) is 0.900. The van der Waals surface area contributed by atoms with Gasteiger partial charge >= 0.3 is 0 Å². The van der Waals surface area contributed by atoms with Crippen molar-refractivity contribution in [2.75, 3.05) is 7.11 Å². The molecule has 2 nitrogen and oxygen atoms in total. The highest BCUT2D eigenvalue weighted by molar-refractivity contribution is 6.31. The van der Waals surface area contributed by atoms with Crippen LogP contribution in [0.1, 0.15) is 0 Å². The second kappa shape index (κ2) is 3.15. The number of phenolic OH excluding ortho intramolecular Hbond substituents is 1. The highest BCUT2D eigenvalue weighted by Crippen LogP contribution is 2.35. The van der Waals surface area contributed by atoms with E-state index in [9.17, 15) is 8.78 Å². The zero-order chi connectivity index (χ0) is 9.30. The van der Waals surface area contributed by atoms with Crippen LogP contribution in [0.4, 0.5) is 8.78 Å². The van der Waals surface area contributed by atoms with Crippen molar-refractivity contribution in [3.05, 3.63) is 22.7 Å². The average molecular weight is 195 g/mol. The first-order valence-corrected chi connectivity index (χ1v) is 3.36. The Hall–Kier alpha value is -1.03. The van der Waals surface area contributed by atoms with Crippen LogP contribution in [-0.4, -0.2) is 12.2 Å². The number of methoxy groups -OCH3 is 1. The fourth-order valence-electron chi connectivity index (χ4n) is 0.760. The van der Waals surface area contributed by atoms with Crippen molar-refractivity contribution < 1.29 is 18.6 Å². The second-order valence-corrected chi connectivity index (χ2v) is 2.42. The van der Waals surface area contributed by atoms with Crippen LogP contribution in [0.5, 0.6) is 11.5 Å². The van der Waals surface area contributed by atoms with Crippen molar-refractivity contribution in [2.24, 2.45) is 0 Å². The predicted octanol–water partition coefficient (Wildman–Crippen LogP) is 2.33. The maximum Gasteiger partial charge on any atom is 0.198 e. The highest BCUT2D eigenvalue weighted by Gasteiger charge is 2.16. The minimum absolute atomic E-state index is 0.457. The van der Waals surface area contributed by atoms with E-state index in [1.807, 2.05) is 0 Å². The summed E-state index contributed by atoms with van der Waals surface area (Å²) in [6.45, 7) is 0. The Bertz CT molecular complexity index is 315. The quantitative estimate of drug-likeness (QED) is 0.696. The van der Waals surface area contributed by atoms with Gasteiger partial charge in [-0.2, -0.15) is 0 Å². The van der Waals surface area contributed by atoms with Gasteiger partial charge in [-0.1, -0.05) is 11.6 Å². The molecule has 0 heterocycles. The Morgan fingerprint density at radius 2 is 2.08 bits per heavy atom. The number of phenols is 1. The summed E-state index contributed by atoms with van der Waals surface area (Å²) in [5, 5.41) is 8.24. The molecule has 0 aliphatic heterocycles. The van der Waals surface area contributed by atoms with E-state index in [2.05, 4.69) is 4.74 Å². The maximum absolute atomic E-state index is 12.9. The van der Waals surface area contributed by atoms with Crippen LogP contribution in [0.25, 0.3) is 0 Å². The first kappa shape index (κ1) is 9.06. The SMILES string of the molecule is COc1c(O)cc(F)c(Cl)c1F. The summed E-state index contributed by atoms with van der Waals surface area (Å²) in [7, 11) is 1.15. The molecule has 0 fully saturated rings. The molecule has 0 spiro atoms. The van der Waals surface area contributed by atoms with E-state index in [-0.39, 0.29) is 0 Å². The summed E-state index contributed by atoms with van der Waals surface area (Å²) >= 11 is 5.19. The van der Waals surface area contributed by atoms with Gasteiger partial charge in [0.15, 0.2) is 17.3 Å². The lowest BCUT2D eigenvalue weighted by Gasteiger charge is -2.05. The third-order valence-electron chi connectivity index (χ3n) is 1.30. The molecule has 0 radical (unpaired) electrons. The molecule has 66 valence electrons. The molecule has 5 heteroatoms. The Morgan fingerprint density at radius 1 is 1.50 bits per heavy atom. The molecule has 1 rings (SSSR count). The van der Waals surface area contributed by atoms with Crippen molar-refractivity contribution in [1.29, 1.82) is 0 Å². The summed E-state index contributed by atoms with van der Waals surface area (Å²) in [6.07, 6.45) is 0. The normalized spacial score (nSPS) is 10.0. The Balaban J connectivity index is 3.40. The van der Waals surface area contributed by atoms with Crippen LogP contribution in [0.3, 0.4) is 0 Å². The van der Waals surface area contributed by atoms with Crippen molar-refractivity contribution >= 4 is 11.6 Å².